The van der Waals surface area contributed by atoms with E-state index in [1.54, 1.807) is 25.1 Å². The van der Waals surface area contributed by atoms with E-state index in [0.717, 1.165) is 5.56 Å². The maximum absolute atomic E-state index is 11.4. The first-order valence-corrected chi connectivity index (χ1v) is 6.56. The Labute approximate surface area is 119 Å². The lowest BCUT2D eigenvalue weighted by molar-refractivity contribution is -0.143. The summed E-state index contributed by atoms with van der Waals surface area (Å²) in [7, 11) is 0. The topological polar surface area (TPSA) is 67.4 Å². The summed E-state index contributed by atoms with van der Waals surface area (Å²) in [6, 6.07) is 7.08. The fraction of sp³-hybridized carbons (Fsp3) is 0.333. The summed E-state index contributed by atoms with van der Waals surface area (Å²) in [5, 5.41) is 5.32. The van der Waals surface area contributed by atoms with Crippen molar-refractivity contribution in [1.29, 1.82) is 0 Å². The van der Waals surface area contributed by atoms with Crippen LogP contribution in [0.4, 0.5) is 10.5 Å². The van der Waals surface area contributed by atoms with Crippen LogP contribution in [0, 0.1) is 0 Å². The Morgan fingerprint density at radius 3 is 2.60 bits per heavy atom. The zero-order valence-electron chi connectivity index (χ0n) is 11.6. The molecule has 2 N–H and O–H groups in total. The van der Waals surface area contributed by atoms with E-state index in [-0.39, 0.29) is 12.0 Å². The standard InChI is InChI=1S/C15H20N2O3/c1-3-11-16-15(19)17-13-8-5-12(6-9-13)7-10-14(18)20-4-2/h3,5-6,8-9H,1,4,7,10-11H2,2H3,(H2,16,17,19). The van der Waals surface area contributed by atoms with Gasteiger partial charge in [0, 0.05) is 18.7 Å². The molecule has 0 bridgehead atoms. The number of esters is 1. The fourth-order valence-electron chi connectivity index (χ4n) is 1.57. The average Bonchev–Trinajstić information content (AvgIpc) is 2.45. The van der Waals surface area contributed by atoms with Crippen LogP contribution >= 0.6 is 0 Å². The molecule has 0 fully saturated rings. The minimum absolute atomic E-state index is 0.196. The molecule has 20 heavy (non-hydrogen) atoms. The van der Waals surface area contributed by atoms with Crippen molar-refractivity contribution < 1.29 is 14.3 Å². The maximum atomic E-state index is 11.4. The molecule has 0 saturated heterocycles. The molecule has 0 heterocycles. The van der Waals surface area contributed by atoms with Crippen molar-refractivity contribution >= 4 is 17.7 Å². The third kappa shape index (κ3) is 6.04. The molecule has 0 atom stereocenters. The molecule has 0 unspecified atom stereocenters. The lowest BCUT2D eigenvalue weighted by Crippen LogP contribution is -2.28. The minimum atomic E-state index is -0.274. The van der Waals surface area contributed by atoms with Crippen LogP contribution in [0.3, 0.4) is 0 Å². The molecule has 1 rings (SSSR count). The molecule has 0 aliphatic carbocycles. The van der Waals surface area contributed by atoms with Gasteiger partial charge < -0.3 is 15.4 Å². The second-order valence-corrected chi connectivity index (χ2v) is 4.13. The number of rotatable bonds is 7. The van der Waals surface area contributed by atoms with Crippen LogP contribution in [0.5, 0.6) is 0 Å². The molecule has 5 heteroatoms. The van der Waals surface area contributed by atoms with E-state index in [4.69, 9.17) is 4.74 Å². The van der Waals surface area contributed by atoms with E-state index >= 15 is 0 Å². The van der Waals surface area contributed by atoms with Crippen LogP contribution in [0.25, 0.3) is 0 Å². The van der Waals surface area contributed by atoms with Crippen LogP contribution in [-0.4, -0.2) is 25.2 Å². The van der Waals surface area contributed by atoms with Crippen LogP contribution in [0.1, 0.15) is 18.9 Å². The summed E-state index contributed by atoms with van der Waals surface area (Å²) in [6.07, 6.45) is 2.60. The lowest BCUT2D eigenvalue weighted by atomic mass is 10.1. The number of urea groups is 1. The number of carbonyl (C=O) groups excluding carboxylic acids is 2. The monoisotopic (exact) mass is 276 g/mol. The molecular formula is C15H20N2O3. The van der Waals surface area contributed by atoms with Gasteiger partial charge >= 0.3 is 12.0 Å². The van der Waals surface area contributed by atoms with Crippen LogP contribution in [0.2, 0.25) is 0 Å². The van der Waals surface area contributed by atoms with Crippen molar-refractivity contribution in [3.63, 3.8) is 0 Å². The Bertz CT molecular complexity index is 455. The van der Waals surface area contributed by atoms with Gasteiger partial charge in [-0.3, -0.25) is 4.79 Å². The molecule has 2 amide bonds. The predicted octanol–water partition coefficient (Wildman–Crippen LogP) is 2.49. The van der Waals surface area contributed by atoms with Crippen molar-refractivity contribution in [3.05, 3.63) is 42.5 Å². The second-order valence-electron chi connectivity index (χ2n) is 4.13. The first kappa shape index (κ1) is 15.8. The number of carbonyl (C=O) groups is 2. The number of amides is 2. The number of hydrogen-bond donors (Lipinski definition) is 2. The smallest absolute Gasteiger partial charge is 0.319 e. The second kappa shape index (κ2) is 8.74. The van der Waals surface area contributed by atoms with Gasteiger partial charge in [-0.1, -0.05) is 18.2 Å². The van der Waals surface area contributed by atoms with Crippen LogP contribution in [0.15, 0.2) is 36.9 Å². The van der Waals surface area contributed by atoms with Crippen LogP contribution in [-0.2, 0) is 16.0 Å². The van der Waals surface area contributed by atoms with Gasteiger partial charge in [-0.05, 0) is 31.0 Å². The van der Waals surface area contributed by atoms with E-state index in [1.165, 1.54) is 0 Å². The summed E-state index contributed by atoms with van der Waals surface area (Å²) in [6.45, 7) is 6.13. The SMILES string of the molecule is C=CCNC(=O)Nc1ccc(CCC(=O)OCC)cc1. The third-order valence-corrected chi connectivity index (χ3v) is 2.54. The van der Waals surface area contributed by atoms with Gasteiger partial charge in [0.1, 0.15) is 0 Å². The summed E-state index contributed by atoms with van der Waals surface area (Å²) >= 11 is 0. The van der Waals surface area contributed by atoms with Crippen molar-refractivity contribution in [2.24, 2.45) is 0 Å². The van der Waals surface area contributed by atoms with Gasteiger partial charge in [0.05, 0.1) is 6.61 Å². The molecule has 0 saturated carbocycles. The number of ether oxygens (including phenoxy) is 1. The van der Waals surface area contributed by atoms with Gasteiger partial charge in [-0.2, -0.15) is 0 Å². The Kier molecular flexibility index (Phi) is 6.89. The number of anilines is 1. The first-order valence-electron chi connectivity index (χ1n) is 6.56. The van der Waals surface area contributed by atoms with Crippen molar-refractivity contribution in [1.82, 2.24) is 5.32 Å². The van der Waals surface area contributed by atoms with E-state index < -0.39 is 0 Å². The molecule has 108 valence electrons. The molecule has 0 aromatic heterocycles. The number of benzene rings is 1. The van der Waals surface area contributed by atoms with Crippen molar-refractivity contribution in [2.45, 2.75) is 19.8 Å². The van der Waals surface area contributed by atoms with Gasteiger partial charge in [0.2, 0.25) is 0 Å². The number of nitrogens with one attached hydrogen (secondary N) is 2. The zero-order chi connectivity index (χ0) is 14.8. The van der Waals surface area contributed by atoms with E-state index in [0.29, 0.717) is 31.7 Å². The first-order chi connectivity index (χ1) is 9.65. The Morgan fingerprint density at radius 1 is 1.30 bits per heavy atom. The van der Waals surface area contributed by atoms with Gasteiger partial charge in [-0.25, -0.2) is 4.79 Å². The highest BCUT2D eigenvalue weighted by Gasteiger charge is 2.03. The molecule has 0 radical (unpaired) electrons. The normalized spacial score (nSPS) is 9.65. The van der Waals surface area contributed by atoms with Gasteiger partial charge in [-0.15, -0.1) is 6.58 Å². The zero-order valence-corrected chi connectivity index (χ0v) is 11.6. The summed E-state index contributed by atoms with van der Waals surface area (Å²) < 4.78 is 4.87. The summed E-state index contributed by atoms with van der Waals surface area (Å²) in [4.78, 5) is 22.6. The minimum Gasteiger partial charge on any atom is -0.466 e. The summed E-state index contributed by atoms with van der Waals surface area (Å²) in [5.41, 5.74) is 1.72. The van der Waals surface area contributed by atoms with E-state index in [2.05, 4.69) is 17.2 Å². The Hall–Kier alpha value is -2.30. The molecular weight excluding hydrogens is 256 g/mol. The molecule has 0 aliphatic rings. The summed E-state index contributed by atoms with van der Waals surface area (Å²) in [5.74, 6) is -0.196. The van der Waals surface area contributed by atoms with Gasteiger partial charge in [0.25, 0.3) is 0 Å². The van der Waals surface area contributed by atoms with Crippen molar-refractivity contribution in [2.75, 3.05) is 18.5 Å². The highest BCUT2D eigenvalue weighted by atomic mass is 16.5. The molecule has 5 nitrogen and oxygen atoms in total. The Balaban J connectivity index is 2.41. The third-order valence-electron chi connectivity index (χ3n) is 2.54. The maximum Gasteiger partial charge on any atom is 0.319 e. The molecule has 1 aromatic rings. The highest BCUT2D eigenvalue weighted by Crippen LogP contribution is 2.11. The van der Waals surface area contributed by atoms with Gasteiger partial charge in [0.15, 0.2) is 0 Å². The predicted molar refractivity (Wildman–Crippen MR) is 78.6 cm³/mol. The quantitative estimate of drug-likeness (QED) is 0.594. The van der Waals surface area contributed by atoms with Crippen LogP contribution < -0.4 is 10.6 Å². The molecule has 1 aromatic carbocycles. The van der Waals surface area contributed by atoms with E-state index in [1.807, 2.05) is 12.1 Å². The highest BCUT2D eigenvalue weighted by molar-refractivity contribution is 5.89. The van der Waals surface area contributed by atoms with Crippen molar-refractivity contribution in [3.8, 4) is 0 Å². The van der Waals surface area contributed by atoms with E-state index in [9.17, 15) is 9.59 Å². The molecule has 0 spiro atoms. The lowest BCUT2D eigenvalue weighted by Gasteiger charge is -2.07. The Morgan fingerprint density at radius 2 is 2.00 bits per heavy atom. The average molecular weight is 276 g/mol. The molecule has 0 aliphatic heterocycles. The number of aryl methyl sites for hydroxylation is 1. The number of hydrogen-bond acceptors (Lipinski definition) is 3. The largest absolute Gasteiger partial charge is 0.466 e. The fourth-order valence-corrected chi connectivity index (χ4v) is 1.57.